The molecule has 5 nitrogen and oxygen atoms in total. The number of ketones is 1. The normalized spacial score (nSPS) is 24.4. The predicted molar refractivity (Wildman–Crippen MR) is 97.5 cm³/mol. The van der Waals surface area contributed by atoms with E-state index in [1.165, 1.54) is 4.90 Å². The van der Waals surface area contributed by atoms with Gasteiger partial charge in [-0.2, -0.15) is 0 Å². The molecule has 2 aromatic carbocycles. The predicted octanol–water partition coefficient (Wildman–Crippen LogP) is 2.69. The monoisotopic (exact) mass is 351 g/mol. The summed E-state index contributed by atoms with van der Waals surface area (Å²) in [6.45, 7) is 0. The zero-order valence-corrected chi connectivity index (χ0v) is 14.9. The van der Waals surface area contributed by atoms with Crippen molar-refractivity contribution in [3.8, 4) is 5.75 Å². The van der Waals surface area contributed by atoms with Gasteiger partial charge in [0, 0.05) is 24.1 Å². The molecule has 26 heavy (non-hydrogen) atoms. The minimum atomic E-state index is -1.65. The zero-order valence-electron chi connectivity index (χ0n) is 14.9. The Hall–Kier alpha value is -2.66. The van der Waals surface area contributed by atoms with E-state index in [1.54, 1.807) is 32.4 Å². The number of hydrogen-bond donors (Lipinski definition) is 1. The van der Waals surface area contributed by atoms with Gasteiger partial charge in [-0.1, -0.05) is 24.3 Å². The number of aryl methyl sites for hydroxylation is 1. The number of amides is 1. The van der Waals surface area contributed by atoms with E-state index < -0.39 is 11.5 Å². The number of fused-ring (bicyclic) bond motifs is 2. The van der Waals surface area contributed by atoms with Gasteiger partial charge < -0.3 is 14.7 Å². The molecule has 5 heteroatoms. The highest BCUT2D eigenvalue weighted by atomic mass is 16.5. The summed E-state index contributed by atoms with van der Waals surface area (Å²) in [6, 6.07) is 12.7. The third-order valence-corrected chi connectivity index (χ3v) is 5.63. The Labute approximate surface area is 152 Å². The molecule has 0 spiro atoms. The molecule has 0 saturated carbocycles. The van der Waals surface area contributed by atoms with Gasteiger partial charge in [0.1, 0.15) is 5.75 Å². The molecule has 0 aromatic heterocycles. The van der Waals surface area contributed by atoms with Crippen LogP contribution in [0.2, 0.25) is 0 Å². The van der Waals surface area contributed by atoms with Crippen LogP contribution in [0.25, 0.3) is 0 Å². The molecule has 1 amide bonds. The van der Waals surface area contributed by atoms with Crippen molar-refractivity contribution in [3.63, 3.8) is 0 Å². The molecule has 1 aliphatic carbocycles. The summed E-state index contributed by atoms with van der Waals surface area (Å²) in [5.41, 5.74) is 1.26. The average molecular weight is 351 g/mol. The second-order valence-electron chi connectivity index (χ2n) is 7.07. The highest BCUT2D eigenvalue weighted by molar-refractivity contribution is 6.07. The molecule has 0 bridgehead atoms. The molecule has 0 fully saturated rings. The van der Waals surface area contributed by atoms with Crippen LogP contribution < -0.4 is 9.64 Å². The molecule has 0 saturated heterocycles. The van der Waals surface area contributed by atoms with E-state index >= 15 is 0 Å². The average Bonchev–Trinajstić information content (AvgIpc) is 2.86. The molecule has 4 rings (SSSR count). The summed E-state index contributed by atoms with van der Waals surface area (Å²) in [6.07, 6.45) is 1.47. The molecule has 2 atom stereocenters. The molecule has 1 heterocycles. The lowest BCUT2D eigenvalue weighted by atomic mass is 9.75. The minimum Gasteiger partial charge on any atom is -0.497 e. The van der Waals surface area contributed by atoms with Crippen molar-refractivity contribution in [1.29, 1.82) is 0 Å². The Morgan fingerprint density at radius 2 is 2.00 bits per heavy atom. The number of rotatable bonds is 3. The molecule has 2 aliphatic rings. The fourth-order valence-corrected chi connectivity index (χ4v) is 4.18. The van der Waals surface area contributed by atoms with Gasteiger partial charge in [-0.05, 0) is 43.0 Å². The second kappa shape index (κ2) is 5.95. The van der Waals surface area contributed by atoms with Crippen LogP contribution in [0.4, 0.5) is 5.69 Å². The van der Waals surface area contributed by atoms with E-state index in [4.69, 9.17) is 4.74 Å². The maximum Gasteiger partial charge on any atom is 0.263 e. The molecular weight excluding hydrogens is 330 g/mol. The van der Waals surface area contributed by atoms with Gasteiger partial charge in [-0.25, -0.2) is 0 Å². The van der Waals surface area contributed by atoms with Crippen LogP contribution in [-0.4, -0.2) is 31.0 Å². The van der Waals surface area contributed by atoms with Crippen molar-refractivity contribution in [2.75, 3.05) is 19.1 Å². The van der Waals surface area contributed by atoms with Gasteiger partial charge in [0.25, 0.3) is 5.91 Å². The number of ether oxygens (including phenoxy) is 1. The fraction of sp³-hybridized carbons (Fsp3) is 0.333. The van der Waals surface area contributed by atoms with Crippen LogP contribution in [0.3, 0.4) is 0 Å². The fourth-order valence-electron chi connectivity index (χ4n) is 4.18. The smallest absolute Gasteiger partial charge is 0.263 e. The van der Waals surface area contributed by atoms with Gasteiger partial charge in [0.05, 0.1) is 12.8 Å². The lowest BCUT2D eigenvalue weighted by Gasteiger charge is -2.30. The first-order valence-electron chi connectivity index (χ1n) is 8.77. The summed E-state index contributed by atoms with van der Waals surface area (Å²) < 4.78 is 5.23. The quantitative estimate of drug-likeness (QED) is 0.923. The van der Waals surface area contributed by atoms with Crippen LogP contribution in [0.15, 0.2) is 42.5 Å². The van der Waals surface area contributed by atoms with Gasteiger partial charge in [0.15, 0.2) is 11.4 Å². The Morgan fingerprint density at radius 3 is 2.77 bits per heavy atom. The van der Waals surface area contributed by atoms with E-state index in [2.05, 4.69) is 0 Å². The van der Waals surface area contributed by atoms with Crippen LogP contribution in [0, 0.1) is 5.92 Å². The summed E-state index contributed by atoms with van der Waals surface area (Å²) in [5.74, 6) is -0.164. The lowest BCUT2D eigenvalue weighted by Crippen LogP contribution is -2.42. The summed E-state index contributed by atoms with van der Waals surface area (Å²) in [7, 11) is 3.22. The van der Waals surface area contributed by atoms with E-state index in [-0.39, 0.29) is 18.1 Å². The van der Waals surface area contributed by atoms with Crippen LogP contribution in [0.5, 0.6) is 5.75 Å². The van der Waals surface area contributed by atoms with Crippen LogP contribution in [-0.2, 0) is 16.8 Å². The number of hydrogen-bond acceptors (Lipinski definition) is 4. The second-order valence-corrected chi connectivity index (χ2v) is 7.07. The van der Waals surface area contributed by atoms with E-state index in [0.29, 0.717) is 29.0 Å². The number of para-hydroxylation sites is 1. The molecule has 1 aliphatic heterocycles. The zero-order chi connectivity index (χ0) is 18.5. The highest BCUT2D eigenvalue weighted by Crippen LogP contribution is 2.45. The van der Waals surface area contributed by atoms with Crippen molar-refractivity contribution >= 4 is 17.4 Å². The van der Waals surface area contributed by atoms with Crippen molar-refractivity contribution < 1.29 is 19.4 Å². The first-order valence-corrected chi connectivity index (χ1v) is 8.77. The Kier molecular flexibility index (Phi) is 3.84. The van der Waals surface area contributed by atoms with E-state index in [0.717, 1.165) is 12.0 Å². The number of likely N-dealkylation sites (N-methyl/N-ethyl adjacent to an activating group) is 1. The van der Waals surface area contributed by atoms with Crippen molar-refractivity contribution in [2.45, 2.75) is 24.9 Å². The molecule has 134 valence electrons. The van der Waals surface area contributed by atoms with Gasteiger partial charge in [-0.15, -0.1) is 0 Å². The van der Waals surface area contributed by atoms with Crippen LogP contribution in [0.1, 0.15) is 34.3 Å². The van der Waals surface area contributed by atoms with Crippen molar-refractivity contribution in [2.24, 2.45) is 5.92 Å². The Balaban J connectivity index is 1.68. The Morgan fingerprint density at radius 1 is 1.23 bits per heavy atom. The third-order valence-electron chi connectivity index (χ3n) is 5.63. The maximum atomic E-state index is 13.0. The number of carbonyl (C=O) groups is 2. The number of aliphatic hydroxyl groups is 1. The van der Waals surface area contributed by atoms with Gasteiger partial charge in [-0.3, -0.25) is 9.59 Å². The SMILES string of the molecule is COc1ccc2c(c1)C(=O)[C@H](C[C@@]1(O)C(=O)N(C)c3ccccc31)CC2. The van der Waals surface area contributed by atoms with E-state index in [9.17, 15) is 14.7 Å². The first-order chi connectivity index (χ1) is 12.5. The molecule has 1 N–H and O–H groups in total. The Bertz CT molecular complexity index is 907. The molecule has 2 aromatic rings. The van der Waals surface area contributed by atoms with Crippen molar-refractivity contribution in [3.05, 3.63) is 59.2 Å². The van der Waals surface area contributed by atoms with Crippen molar-refractivity contribution in [1.82, 2.24) is 0 Å². The molecule has 0 radical (unpaired) electrons. The first kappa shape index (κ1) is 16.8. The number of carbonyl (C=O) groups excluding carboxylic acids is 2. The largest absolute Gasteiger partial charge is 0.497 e. The lowest BCUT2D eigenvalue weighted by molar-refractivity contribution is -0.137. The number of benzene rings is 2. The third kappa shape index (κ3) is 2.35. The summed E-state index contributed by atoms with van der Waals surface area (Å²) in [4.78, 5) is 27.3. The summed E-state index contributed by atoms with van der Waals surface area (Å²) in [5, 5.41) is 11.2. The number of methoxy groups -OCH3 is 1. The molecule has 0 unspecified atom stereocenters. The standard InChI is InChI=1S/C21H21NO4/c1-22-18-6-4-3-5-17(18)21(25,20(22)24)12-14-8-7-13-9-10-15(26-2)11-16(13)19(14)23/h3-6,9-11,14,25H,7-8,12H2,1-2H3/t14-,21-/m0/s1. The van der Waals surface area contributed by atoms with Gasteiger partial charge in [0.2, 0.25) is 0 Å². The van der Waals surface area contributed by atoms with E-state index in [1.807, 2.05) is 24.3 Å². The highest BCUT2D eigenvalue weighted by Gasteiger charge is 2.50. The minimum absolute atomic E-state index is 0.0293. The van der Waals surface area contributed by atoms with Gasteiger partial charge >= 0.3 is 0 Å². The summed E-state index contributed by atoms with van der Waals surface area (Å²) >= 11 is 0. The number of nitrogens with zero attached hydrogens (tertiary/aromatic N) is 1. The van der Waals surface area contributed by atoms with Crippen LogP contribution >= 0.6 is 0 Å². The molecular formula is C21H21NO4. The topological polar surface area (TPSA) is 66.8 Å². The number of anilines is 1. The number of Topliss-reactive ketones (excluding diaryl/α,β-unsaturated/α-hetero) is 1. The maximum absolute atomic E-state index is 13.0.